The first kappa shape index (κ1) is 13.6. The second-order valence-electron chi connectivity index (χ2n) is 3.53. The summed E-state index contributed by atoms with van der Waals surface area (Å²) >= 11 is 4.57. The molecule has 6 heteroatoms. The maximum atomic E-state index is 11.8. The van der Waals surface area contributed by atoms with Crippen LogP contribution in [0.25, 0.3) is 0 Å². The Hall–Kier alpha value is -0.850. The molecule has 0 fully saturated rings. The lowest BCUT2D eigenvalue weighted by Crippen LogP contribution is -2.05. The Morgan fingerprint density at radius 2 is 1.94 bits per heavy atom. The van der Waals surface area contributed by atoms with Crippen LogP contribution in [0.15, 0.2) is 39.0 Å². The summed E-state index contributed by atoms with van der Waals surface area (Å²) in [6, 6.07) is 9.79. The van der Waals surface area contributed by atoms with Crippen molar-refractivity contribution in [2.45, 2.75) is 15.1 Å². The average Bonchev–Trinajstić information content (AvgIpc) is 2.85. The monoisotopic (exact) mass is 296 g/mol. The molecule has 2 rings (SSSR count). The largest absolute Gasteiger partial charge is 0.298 e. The van der Waals surface area contributed by atoms with E-state index in [-0.39, 0.29) is 5.78 Å². The van der Waals surface area contributed by atoms with E-state index < -0.39 is 0 Å². The van der Waals surface area contributed by atoms with Gasteiger partial charge in [-0.05, 0) is 11.8 Å². The van der Waals surface area contributed by atoms with Crippen LogP contribution in [-0.4, -0.2) is 28.0 Å². The Morgan fingerprint density at radius 3 is 2.61 bits per heavy atom. The van der Waals surface area contributed by atoms with Gasteiger partial charge in [-0.15, -0.1) is 10.2 Å². The highest BCUT2D eigenvalue weighted by Gasteiger charge is 2.08. The molecule has 94 valence electrons. The molecule has 0 unspecified atom stereocenters. The van der Waals surface area contributed by atoms with Crippen molar-refractivity contribution < 1.29 is 4.79 Å². The van der Waals surface area contributed by atoms with E-state index in [9.17, 15) is 4.79 Å². The molecule has 18 heavy (non-hydrogen) atoms. The Kier molecular flexibility index (Phi) is 5.22. The standard InChI is InChI=1S/C12H12N2OS3/c1-16-11-13-14-12(18-11)17-8-10(15)7-9-5-3-2-4-6-9/h2-6H,7-8H2,1H3. The SMILES string of the molecule is CSc1nnc(SCC(=O)Cc2ccccc2)s1. The predicted octanol–water partition coefficient (Wildman–Crippen LogP) is 3.16. The van der Waals surface area contributed by atoms with Crippen molar-refractivity contribution in [3.63, 3.8) is 0 Å². The smallest absolute Gasteiger partial charge is 0.175 e. The van der Waals surface area contributed by atoms with Crippen LogP contribution in [0.4, 0.5) is 0 Å². The molecule has 1 aromatic heterocycles. The van der Waals surface area contributed by atoms with Gasteiger partial charge >= 0.3 is 0 Å². The second-order valence-corrected chi connectivity index (χ2v) is 6.78. The molecule has 0 amide bonds. The van der Waals surface area contributed by atoms with Crippen LogP contribution in [-0.2, 0) is 11.2 Å². The molecule has 1 heterocycles. The molecule has 0 saturated carbocycles. The molecule has 0 aliphatic rings. The Labute approximate surface area is 118 Å². The Balaban J connectivity index is 1.81. The molecule has 0 aliphatic heterocycles. The van der Waals surface area contributed by atoms with Crippen molar-refractivity contribution >= 4 is 40.6 Å². The maximum Gasteiger partial charge on any atom is 0.175 e. The average molecular weight is 296 g/mol. The van der Waals surface area contributed by atoms with Crippen LogP contribution >= 0.6 is 34.9 Å². The highest BCUT2D eigenvalue weighted by molar-refractivity contribution is 8.03. The molecular weight excluding hydrogens is 284 g/mol. The van der Waals surface area contributed by atoms with Crippen LogP contribution in [0.5, 0.6) is 0 Å². The fourth-order valence-corrected chi connectivity index (χ4v) is 3.65. The molecule has 0 radical (unpaired) electrons. The van der Waals surface area contributed by atoms with Gasteiger partial charge in [0.1, 0.15) is 5.78 Å². The summed E-state index contributed by atoms with van der Waals surface area (Å²) in [7, 11) is 0. The Morgan fingerprint density at radius 1 is 1.22 bits per heavy atom. The van der Waals surface area contributed by atoms with Gasteiger partial charge in [0.25, 0.3) is 0 Å². The van der Waals surface area contributed by atoms with Crippen molar-refractivity contribution in [1.82, 2.24) is 10.2 Å². The van der Waals surface area contributed by atoms with E-state index >= 15 is 0 Å². The highest BCUT2D eigenvalue weighted by Crippen LogP contribution is 2.27. The van der Waals surface area contributed by atoms with E-state index in [4.69, 9.17) is 0 Å². The lowest BCUT2D eigenvalue weighted by atomic mass is 10.1. The first-order chi connectivity index (χ1) is 8.78. The number of aromatic nitrogens is 2. The Bertz CT molecular complexity index is 513. The van der Waals surface area contributed by atoms with Gasteiger partial charge < -0.3 is 0 Å². The number of hydrogen-bond donors (Lipinski definition) is 0. The molecule has 0 bridgehead atoms. The number of rotatable bonds is 6. The summed E-state index contributed by atoms with van der Waals surface area (Å²) < 4.78 is 1.80. The van der Waals surface area contributed by atoms with Crippen molar-refractivity contribution in [2.24, 2.45) is 0 Å². The number of Topliss-reactive ketones (excluding diaryl/α,β-unsaturated/α-hetero) is 1. The van der Waals surface area contributed by atoms with Crippen molar-refractivity contribution in [2.75, 3.05) is 12.0 Å². The molecule has 0 atom stereocenters. The number of hydrogen-bond acceptors (Lipinski definition) is 6. The van der Waals surface area contributed by atoms with Gasteiger partial charge in [0, 0.05) is 6.42 Å². The van der Waals surface area contributed by atoms with E-state index in [0.717, 1.165) is 14.2 Å². The quantitative estimate of drug-likeness (QED) is 0.766. The molecule has 1 aromatic carbocycles. The van der Waals surface area contributed by atoms with Gasteiger partial charge in [-0.1, -0.05) is 65.2 Å². The molecular formula is C12H12N2OS3. The minimum Gasteiger partial charge on any atom is -0.298 e. The second kappa shape index (κ2) is 6.92. The normalized spacial score (nSPS) is 10.5. The molecule has 3 nitrogen and oxygen atoms in total. The van der Waals surface area contributed by atoms with Crippen molar-refractivity contribution in [3.05, 3.63) is 35.9 Å². The summed E-state index contributed by atoms with van der Waals surface area (Å²) in [5, 5.41) is 8.02. The minimum absolute atomic E-state index is 0.215. The lowest BCUT2D eigenvalue weighted by molar-refractivity contribution is -0.116. The number of thioether (sulfide) groups is 2. The van der Waals surface area contributed by atoms with Gasteiger partial charge in [-0.3, -0.25) is 4.79 Å². The van der Waals surface area contributed by atoms with Crippen molar-refractivity contribution in [1.29, 1.82) is 0 Å². The van der Waals surface area contributed by atoms with Crippen molar-refractivity contribution in [3.8, 4) is 0 Å². The number of carbonyl (C=O) groups is 1. The third kappa shape index (κ3) is 4.12. The number of carbonyl (C=O) groups excluding carboxylic acids is 1. The molecule has 0 spiro atoms. The zero-order valence-corrected chi connectivity index (χ0v) is 12.3. The molecule has 2 aromatic rings. The zero-order chi connectivity index (χ0) is 12.8. The van der Waals surface area contributed by atoms with Crippen LogP contribution in [0.2, 0.25) is 0 Å². The summed E-state index contributed by atoms with van der Waals surface area (Å²) in [6.07, 6.45) is 2.46. The highest BCUT2D eigenvalue weighted by atomic mass is 32.2. The first-order valence-electron chi connectivity index (χ1n) is 5.34. The fraction of sp³-hybridized carbons (Fsp3) is 0.250. The summed E-state index contributed by atoms with van der Waals surface area (Å²) in [5.41, 5.74) is 1.06. The third-order valence-corrected chi connectivity index (χ3v) is 5.26. The number of nitrogens with zero attached hydrogens (tertiary/aromatic N) is 2. The number of ketones is 1. The van der Waals surface area contributed by atoms with Crippen LogP contribution in [0.3, 0.4) is 0 Å². The van der Waals surface area contributed by atoms with Gasteiger partial charge in [-0.2, -0.15) is 0 Å². The van der Waals surface area contributed by atoms with Gasteiger partial charge in [0.05, 0.1) is 5.75 Å². The fourth-order valence-electron chi connectivity index (χ4n) is 1.35. The minimum atomic E-state index is 0.215. The van der Waals surface area contributed by atoms with Crippen LogP contribution < -0.4 is 0 Å². The topological polar surface area (TPSA) is 42.9 Å². The molecule has 0 N–H and O–H groups in total. The third-order valence-electron chi connectivity index (χ3n) is 2.16. The van der Waals surface area contributed by atoms with E-state index in [0.29, 0.717) is 12.2 Å². The van der Waals surface area contributed by atoms with Gasteiger partial charge in [0.15, 0.2) is 8.68 Å². The maximum absolute atomic E-state index is 11.8. The predicted molar refractivity (Wildman–Crippen MR) is 77.6 cm³/mol. The van der Waals surface area contributed by atoms with E-state index in [2.05, 4.69) is 10.2 Å². The first-order valence-corrected chi connectivity index (χ1v) is 8.36. The lowest BCUT2D eigenvalue weighted by Gasteiger charge is -1.99. The number of benzene rings is 1. The van der Waals surface area contributed by atoms with E-state index in [1.54, 1.807) is 11.8 Å². The summed E-state index contributed by atoms with van der Waals surface area (Å²) in [6.45, 7) is 0. The van der Waals surface area contributed by atoms with Gasteiger partial charge in [0.2, 0.25) is 0 Å². The van der Waals surface area contributed by atoms with Crippen LogP contribution in [0.1, 0.15) is 5.56 Å². The zero-order valence-electron chi connectivity index (χ0n) is 9.83. The van der Waals surface area contributed by atoms with E-state index in [1.165, 1.54) is 23.1 Å². The van der Waals surface area contributed by atoms with E-state index in [1.807, 2.05) is 36.6 Å². The van der Waals surface area contributed by atoms with Gasteiger partial charge in [-0.25, -0.2) is 0 Å². The summed E-state index contributed by atoms with van der Waals surface area (Å²) in [4.78, 5) is 11.8. The van der Waals surface area contributed by atoms with Crippen LogP contribution in [0, 0.1) is 0 Å². The molecule has 0 saturated heterocycles. The molecule has 0 aliphatic carbocycles. The summed E-state index contributed by atoms with van der Waals surface area (Å²) in [5.74, 6) is 0.671.